The zero-order valence-electron chi connectivity index (χ0n) is 13.6. The van der Waals surface area contributed by atoms with Crippen molar-refractivity contribution in [3.8, 4) is 0 Å². The van der Waals surface area contributed by atoms with Crippen LogP contribution < -0.4 is 0 Å². The van der Waals surface area contributed by atoms with Crippen LogP contribution in [0, 0.1) is 5.82 Å². The predicted molar refractivity (Wildman–Crippen MR) is 93.4 cm³/mol. The molecule has 6 heteroatoms. The number of rotatable bonds is 4. The van der Waals surface area contributed by atoms with Crippen LogP contribution in [0.1, 0.15) is 28.5 Å². The second-order valence-electron chi connectivity index (χ2n) is 6.00. The summed E-state index contributed by atoms with van der Waals surface area (Å²) in [6, 6.07) is 4.69. The highest BCUT2D eigenvalue weighted by atomic mass is 19.1. The number of ketones is 1. The van der Waals surface area contributed by atoms with Crippen molar-refractivity contribution >= 4 is 22.7 Å². The van der Waals surface area contributed by atoms with Crippen LogP contribution in [0.3, 0.4) is 0 Å². The molecule has 3 aromatic heterocycles. The summed E-state index contributed by atoms with van der Waals surface area (Å²) >= 11 is 0. The highest BCUT2D eigenvalue weighted by Crippen LogP contribution is 2.23. The van der Waals surface area contributed by atoms with E-state index in [9.17, 15) is 9.18 Å². The van der Waals surface area contributed by atoms with Gasteiger partial charge in [0, 0.05) is 30.0 Å². The van der Waals surface area contributed by atoms with Gasteiger partial charge >= 0.3 is 0 Å². The lowest BCUT2D eigenvalue weighted by Gasteiger charge is -2.08. The lowest BCUT2D eigenvalue weighted by Crippen LogP contribution is -2.08. The number of imidazole rings is 1. The summed E-state index contributed by atoms with van der Waals surface area (Å²) in [5.41, 5.74) is 4.65. The van der Waals surface area contributed by atoms with E-state index in [1.165, 1.54) is 12.1 Å². The van der Waals surface area contributed by atoms with Gasteiger partial charge in [-0.3, -0.25) is 14.8 Å². The number of carbonyl (C=O) groups excluding carboxylic acids is 1. The molecular formula is C19H15FN4O. The van der Waals surface area contributed by atoms with Gasteiger partial charge in [0.05, 0.1) is 24.7 Å². The highest BCUT2D eigenvalue weighted by molar-refractivity contribution is 6.05. The zero-order chi connectivity index (χ0) is 17.4. The fourth-order valence-corrected chi connectivity index (χ4v) is 2.91. The summed E-state index contributed by atoms with van der Waals surface area (Å²) in [6.07, 6.45) is 8.67. The number of hydrogen-bond donors (Lipinski definition) is 0. The van der Waals surface area contributed by atoms with Crippen molar-refractivity contribution in [3.05, 3.63) is 71.7 Å². The van der Waals surface area contributed by atoms with E-state index in [0.717, 1.165) is 23.0 Å². The monoisotopic (exact) mass is 334 g/mol. The van der Waals surface area contributed by atoms with Crippen molar-refractivity contribution in [1.29, 1.82) is 0 Å². The first-order chi connectivity index (χ1) is 12.1. The Morgan fingerprint density at radius 2 is 2.20 bits per heavy atom. The molecule has 1 aliphatic rings. The normalized spacial score (nSPS) is 13.8. The van der Waals surface area contributed by atoms with Crippen LogP contribution in [0.5, 0.6) is 0 Å². The largest absolute Gasteiger partial charge is 0.306 e. The molecule has 0 saturated heterocycles. The molecule has 3 aromatic rings. The Hall–Kier alpha value is -3.15. The number of Topliss-reactive ketones (excluding diaryl/α,β-unsaturated/α-hetero) is 1. The minimum atomic E-state index is -0.419. The van der Waals surface area contributed by atoms with E-state index in [4.69, 9.17) is 0 Å². The molecule has 0 aliphatic carbocycles. The van der Waals surface area contributed by atoms with E-state index in [-0.39, 0.29) is 12.2 Å². The van der Waals surface area contributed by atoms with Crippen LogP contribution in [0.25, 0.3) is 11.2 Å². The first kappa shape index (κ1) is 15.4. The van der Waals surface area contributed by atoms with Gasteiger partial charge < -0.3 is 4.40 Å². The molecule has 0 N–H and O–H groups in total. The molecule has 0 unspecified atom stereocenters. The maximum Gasteiger partial charge on any atom is 0.172 e. The predicted octanol–water partition coefficient (Wildman–Crippen LogP) is 3.15. The average Bonchev–Trinajstić information content (AvgIpc) is 3.24. The van der Waals surface area contributed by atoms with Gasteiger partial charge in [0.15, 0.2) is 5.78 Å². The third kappa shape index (κ3) is 2.98. The molecule has 4 heterocycles. The molecule has 1 aliphatic heterocycles. The SMILES string of the molecule is CC1=NCC(c2cc(C(=O)Cc3ccc(F)cn3)c3nccn3c2)=C1. The molecule has 0 aromatic carbocycles. The van der Waals surface area contributed by atoms with Crippen molar-refractivity contribution in [1.82, 2.24) is 14.4 Å². The number of aliphatic imine (C=N–C) groups is 1. The zero-order valence-corrected chi connectivity index (χ0v) is 13.6. The van der Waals surface area contributed by atoms with E-state index in [0.29, 0.717) is 23.4 Å². The quantitative estimate of drug-likeness (QED) is 0.689. The summed E-state index contributed by atoms with van der Waals surface area (Å²) < 4.78 is 14.8. The van der Waals surface area contributed by atoms with Crippen molar-refractivity contribution in [2.75, 3.05) is 6.54 Å². The molecule has 0 atom stereocenters. The Bertz CT molecular complexity index is 1030. The third-order valence-electron chi connectivity index (χ3n) is 4.17. The first-order valence-corrected chi connectivity index (χ1v) is 7.92. The standard InChI is InChI=1S/C19H15FN4O/c1-12-6-13(9-22-12)14-7-17(19-21-4-5-24(19)11-14)18(25)8-16-3-2-15(20)10-23-16/h2-7,10-11H,8-9H2,1H3. The molecule has 0 radical (unpaired) electrons. The number of halogens is 1. The Morgan fingerprint density at radius 3 is 2.92 bits per heavy atom. The van der Waals surface area contributed by atoms with Gasteiger partial charge in [0.25, 0.3) is 0 Å². The number of hydrogen-bond acceptors (Lipinski definition) is 4. The Balaban J connectivity index is 1.72. The van der Waals surface area contributed by atoms with Crippen molar-refractivity contribution < 1.29 is 9.18 Å². The van der Waals surface area contributed by atoms with Crippen molar-refractivity contribution in [2.24, 2.45) is 4.99 Å². The van der Waals surface area contributed by atoms with Gasteiger partial charge in [0.2, 0.25) is 0 Å². The summed E-state index contributed by atoms with van der Waals surface area (Å²) in [5.74, 6) is -0.522. The number of aromatic nitrogens is 3. The van der Waals surface area contributed by atoms with E-state index in [1.807, 2.05) is 35.9 Å². The van der Waals surface area contributed by atoms with Crippen LogP contribution in [0.2, 0.25) is 0 Å². The van der Waals surface area contributed by atoms with Gasteiger partial charge in [-0.15, -0.1) is 0 Å². The van der Waals surface area contributed by atoms with Gasteiger partial charge in [-0.05, 0) is 42.3 Å². The van der Waals surface area contributed by atoms with E-state index < -0.39 is 5.82 Å². The molecule has 0 amide bonds. The number of pyridine rings is 2. The number of allylic oxidation sites excluding steroid dienone is 1. The lowest BCUT2D eigenvalue weighted by atomic mass is 10.0. The Kier molecular flexibility index (Phi) is 3.72. The minimum Gasteiger partial charge on any atom is -0.306 e. The molecular weight excluding hydrogens is 319 g/mol. The third-order valence-corrected chi connectivity index (χ3v) is 4.17. The lowest BCUT2D eigenvalue weighted by molar-refractivity contribution is 0.0993. The average molecular weight is 334 g/mol. The molecule has 124 valence electrons. The molecule has 4 rings (SSSR count). The number of carbonyl (C=O) groups is 1. The highest BCUT2D eigenvalue weighted by Gasteiger charge is 2.17. The van der Waals surface area contributed by atoms with Crippen LogP contribution in [0.4, 0.5) is 4.39 Å². The topological polar surface area (TPSA) is 59.6 Å². The van der Waals surface area contributed by atoms with Gasteiger partial charge in [-0.1, -0.05) is 0 Å². The maximum absolute atomic E-state index is 13.0. The van der Waals surface area contributed by atoms with Crippen molar-refractivity contribution in [2.45, 2.75) is 13.3 Å². The summed E-state index contributed by atoms with van der Waals surface area (Å²) in [6.45, 7) is 2.56. The fraction of sp³-hybridized carbons (Fsp3) is 0.158. The van der Waals surface area contributed by atoms with Crippen LogP contribution in [0.15, 0.2) is 54.1 Å². The summed E-state index contributed by atoms with van der Waals surface area (Å²) in [5, 5.41) is 0. The van der Waals surface area contributed by atoms with E-state index >= 15 is 0 Å². The molecule has 5 nitrogen and oxygen atoms in total. The van der Waals surface area contributed by atoms with Crippen molar-refractivity contribution in [3.63, 3.8) is 0 Å². The summed E-state index contributed by atoms with van der Waals surface area (Å²) in [4.78, 5) is 25.4. The fourth-order valence-electron chi connectivity index (χ4n) is 2.91. The number of nitrogens with zero attached hydrogens (tertiary/aromatic N) is 4. The Morgan fingerprint density at radius 1 is 1.32 bits per heavy atom. The molecule has 25 heavy (non-hydrogen) atoms. The van der Waals surface area contributed by atoms with Gasteiger partial charge in [-0.2, -0.15) is 0 Å². The minimum absolute atomic E-state index is 0.0980. The second-order valence-corrected chi connectivity index (χ2v) is 6.00. The number of fused-ring (bicyclic) bond motifs is 1. The van der Waals surface area contributed by atoms with Gasteiger partial charge in [-0.25, -0.2) is 9.37 Å². The van der Waals surface area contributed by atoms with Crippen LogP contribution in [-0.4, -0.2) is 32.4 Å². The first-order valence-electron chi connectivity index (χ1n) is 7.92. The molecule has 0 bridgehead atoms. The summed E-state index contributed by atoms with van der Waals surface area (Å²) in [7, 11) is 0. The van der Waals surface area contributed by atoms with E-state index in [2.05, 4.69) is 15.0 Å². The van der Waals surface area contributed by atoms with Crippen LogP contribution >= 0.6 is 0 Å². The van der Waals surface area contributed by atoms with E-state index in [1.54, 1.807) is 6.20 Å². The maximum atomic E-state index is 13.0. The molecule has 0 saturated carbocycles. The van der Waals surface area contributed by atoms with Crippen LogP contribution in [-0.2, 0) is 6.42 Å². The van der Waals surface area contributed by atoms with Gasteiger partial charge in [0.1, 0.15) is 11.5 Å². The molecule has 0 spiro atoms. The smallest absolute Gasteiger partial charge is 0.172 e. The Labute approximate surface area is 143 Å². The second kappa shape index (κ2) is 6.05. The molecule has 0 fully saturated rings.